The van der Waals surface area contributed by atoms with Crippen LogP contribution in [-0.4, -0.2) is 11.8 Å². The molecule has 0 aliphatic rings. The summed E-state index contributed by atoms with van der Waals surface area (Å²) < 4.78 is 0.968. The van der Waals surface area contributed by atoms with Gasteiger partial charge >= 0.3 is 0 Å². The first-order valence-corrected chi connectivity index (χ1v) is 6.78. The number of nitrogens with one attached hydrogen (secondary N) is 1. The molecule has 0 aliphatic heterocycles. The number of benzene rings is 2. The Balaban J connectivity index is 1.99. The first kappa shape index (κ1) is 14.3. The van der Waals surface area contributed by atoms with Gasteiger partial charge in [-0.25, -0.2) is 0 Å². The second-order valence-corrected chi connectivity index (χ2v) is 5.17. The van der Waals surface area contributed by atoms with Gasteiger partial charge < -0.3 is 11.1 Å². The van der Waals surface area contributed by atoms with Crippen molar-refractivity contribution in [2.45, 2.75) is 6.54 Å². The summed E-state index contributed by atoms with van der Waals surface area (Å²) >= 11 is 3.38. The van der Waals surface area contributed by atoms with E-state index >= 15 is 0 Å². The van der Waals surface area contributed by atoms with Crippen LogP contribution >= 0.6 is 15.9 Å². The lowest BCUT2D eigenvalue weighted by Gasteiger charge is -2.06. The Morgan fingerprint density at radius 2 is 1.70 bits per heavy atom. The Hall–Kier alpha value is -2.14. The monoisotopic (exact) mass is 332 g/mol. The number of carbonyl (C=O) groups is 2. The van der Waals surface area contributed by atoms with Crippen LogP contribution in [0.15, 0.2) is 53.0 Å². The highest BCUT2D eigenvalue weighted by Gasteiger charge is 2.06. The number of rotatable bonds is 4. The highest BCUT2D eigenvalue weighted by atomic mass is 79.9. The summed E-state index contributed by atoms with van der Waals surface area (Å²) in [5.41, 5.74) is 7.02. The molecule has 2 rings (SSSR count). The fourth-order valence-corrected chi connectivity index (χ4v) is 2.16. The molecule has 0 saturated carbocycles. The second-order valence-electron chi connectivity index (χ2n) is 4.25. The largest absolute Gasteiger partial charge is 0.366 e. The van der Waals surface area contributed by atoms with Crippen LogP contribution in [0.2, 0.25) is 0 Å². The molecule has 3 N–H and O–H groups in total. The van der Waals surface area contributed by atoms with Crippen molar-refractivity contribution >= 4 is 27.7 Å². The van der Waals surface area contributed by atoms with Crippen LogP contribution in [0.3, 0.4) is 0 Å². The van der Waals surface area contributed by atoms with Crippen molar-refractivity contribution in [3.05, 3.63) is 69.7 Å². The Bertz CT molecular complexity index is 639. The minimum atomic E-state index is -0.508. The first-order valence-electron chi connectivity index (χ1n) is 5.99. The van der Waals surface area contributed by atoms with Crippen molar-refractivity contribution in [1.29, 1.82) is 0 Å². The molecule has 0 aromatic heterocycles. The minimum Gasteiger partial charge on any atom is -0.366 e. The molecule has 102 valence electrons. The van der Waals surface area contributed by atoms with Gasteiger partial charge in [0.2, 0.25) is 5.91 Å². The van der Waals surface area contributed by atoms with E-state index in [1.165, 1.54) is 12.1 Å². The molecule has 5 heteroatoms. The maximum absolute atomic E-state index is 11.9. The predicted molar refractivity (Wildman–Crippen MR) is 80.3 cm³/mol. The third kappa shape index (κ3) is 3.68. The van der Waals surface area contributed by atoms with Crippen LogP contribution < -0.4 is 11.1 Å². The number of carbonyl (C=O) groups excluding carboxylic acids is 2. The lowest BCUT2D eigenvalue weighted by molar-refractivity contribution is 0.0948. The summed E-state index contributed by atoms with van der Waals surface area (Å²) in [6.45, 7) is 0.440. The van der Waals surface area contributed by atoms with Crippen molar-refractivity contribution < 1.29 is 9.59 Å². The summed E-state index contributed by atoms with van der Waals surface area (Å²) in [5, 5.41) is 2.82. The highest BCUT2D eigenvalue weighted by Crippen LogP contribution is 2.11. The van der Waals surface area contributed by atoms with E-state index in [1.807, 2.05) is 24.3 Å². The van der Waals surface area contributed by atoms with Gasteiger partial charge in [-0.2, -0.15) is 0 Å². The summed E-state index contributed by atoms with van der Waals surface area (Å²) in [7, 11) is 0. The number of nitrogens with two attached hydrogens (primary N) is 1. The van der Waals surface area contributed by atoms with Crippen LogP contribution in [0.4, 0.5) is 0 Å². The molecule has 20 heavy (non-hydrogen) atoms. The van der Waals surface area contributed by atoms with E-state index in [2.05, 4.69) is 21.2 Å². The zero-order valence-corrected chi connectivity index (χ0v) is 12.2. The summed E-state index contributed by atoms with van der Waals surface area (Å²) in [6.07, 6.45) is 0. The molecule has 4 nitrogen and oxygen atoms in total. The Morgan fingerprint density at radius 3 is 2.30 bits per heavy atom. The van der Waals surface area contributed by atoms with E-state index in [9.17, 15) is 9.59 Å². The van der Waals surface area contributed by atoms with Gasteiger partial charge in [-0.15, -0.1) is 0 Å². The fraction of sp³-hybridized carbons (Fsp3) is 0.0667. The Morgan fingerprint density at radius 1 is 1.05 bits per heavy atom. The van der Waals surface area contributed by atoms with Crippen LogP contribution in [0.25, 0.3) is 0 Å². The van der Waals surface area contributed by atoms with Crippen LogP contribution in [0.5, 0.6) is 0 Å². The van der Waals surface area contributed by atoms with Crippen molar-refractivity contribution in [3.8, 4) is 0 Å². The Kier molecular flexibility index (Phi) is 4.53. The van der Waals surface area contributed by atoms with Crippen molar-refractivity contribution in [2.24, 2.45) is 5.73 Å². The van der Waals surface area contributed by atoms with E-state index in [-0.39, 0.29) is 5.91 Å². The average Bonchev–Trinajstić information content (AvgIpc) is 2.45. The quantitative estimate of drug-likeness (QED) is 0.902. The standard InChI is InChI=1S/C15H13BrN2O2/c16-13-3-1-2-10(8-13)9-18-15(20)12-6-4-11(5-7-12)14(17)19/h1-8H,9H2,(H2,17,19)(H,18,20). The van der Waals surface area contributed by atoms with Crippen molar-refractivity contribution in [1.82, 2.24) is 5.32 Å². The van der Waals surface area contributed by atoms with E-state index in [0.717, 1.165) is 10.0 Å². The lowest BCUT2D eigenvalue weighted by atomic mass is 10.1. The number of halogens is 1. The molecule has 0 saturated heterocycles. The molecule has 0 unspecified atom stereocenters. The fourth-order valence-electron chi connectivity index (χ4n) is 1.72. The van der Waals surface area contributed by atoms with Gasteiger partial charge in [-0.3, -0.25) is 9.59 Å². The average molecular weight is 333 g/mol. The zero-order chi connectivity index (χ0) is 14.5. The molecule has 0 atom stereocenters. The van der Waals surface area contributed by atoms with Gasteiger partial charge in [-0.05, 0) is 42.0 Å². The molecule has 2 aromatic rings. The lowest BCUT2D eigenvalue weighted by Crippen LogP contribution is -2.23. The summed E-state index contributed by atoms with van der Waals surface area (Å²) in [6, 6.07) is 13.9. The van der Waals surface area contributed by atoms with Gasteiger partial charge in [-0.1, -0.05) is 28.1 Å². The van der Waals surface area contributed by atoms with Crippen molar-refractivity contribution in [2.75, 3.05) is 0 Å². The smallest absolute Gasteiger partial charge is 0.251 e. The molecular formula is C15H13BrN2O2. The SMILES string of the molecule is NC(=O)c1ccc(C(=O)NCc2cccc(Br)c2)cc1. The van der Waals surface area contributed by atoms with Crippen LogP contribution in [0, 0.1) is 0 Å². The maximum Gasteiger partial charge on any atom is 0.251 e. The van der Waals surface area contributed by atoms with Gasteiger partial charge in [0.15, 0.2) is 0 Å². The maximum atomic E-state index is 11.9. The molecule has 0 spiro atoms. The third-order valence-corrected chi connectivity index (χ3v) is 3.27. The molecule has 2 amide bonds. The molecule has 0 aliphatic carbocycles. The molecule has 0 bridgehead atoms. The predicted octanol–water partition coefficient (Wildman–Crippen LogP) is 2.48. The van der Waals surface area contributed by atoms with Gasteiger partial charge in [0.05, 0.1) is 0 Å². The van der Waals surface area contributed by atoms with Gasteiger partial charge in [0.25, 0.3) is 5.91 Å². The van der Waals surface area contributed by atoms with Gasteiger partial charge in [0, 0.05) is 22.1 Å². The number of hydrogen-bond acceptors (Lipinski definition) is 2. The number of amides is 2. The zero-order valence-electron chi connectivity index (χ0n) is 10.6. The first-order chi connectivity index (χ1) is 9.56. The normalized spacial score (nSPS) is 10.1. The minimum absolute atomic E-state index is 0.194. The van der Waals surface area contributed by atoms with Crippen molar-refractivity contribution in [3.63, 3.8) is 0 Å². The Labute approximate surface area is 125 Å². The highest BCUT2D eigenvalue weighted by molar-refractivity contribution is 9.10. The second kappa shape index (κ2) is 6.34. The van der Waals surface area contributed by atoms with E-state index in [0.29, 0.717) is 17.7 Å². The third-order valence-electron chi connectivity index (χ3n) is 2.77. The topological polar surface area (TPSA) is 72.2 Å². The number of primary amides is 1. The number of hydrogen-bond donors (Lipinski definition) is 2. The van der Waals surface area contributed by atoms with E-state index < -0.39 is 5.91 Å². The molecule has 2 aromatic carbocycles. The van der Waals surface area contributed by atoms with Crippen LogP contribution in [0.1, 0.15) is 26.3 Å². The molecule has 0 radical (unpaired) electrons. The molecular weight excluding hydrogens is 320 g/mol. The van der Waals surface area contributed by atoms with E-state index in [4.69, 9.17) is 5.73 Å². The molecule has 0 heterocycles. The van der Waals surface area contributed by atoms with Crippen LogP contribution in [-0.2, 0) is 6.54 Å². The molecule has 0 fully saturated rings. The van der Waals surface area contributed by atoms with Gasteiger partial charge in [0.1, 0.15) is 0 Å². The summed E-state index contributed by atoms with van der Waals surface area (Å²) in [4.78, 5) is 22.9. The summed E-state index contributed by atoms with van der Waals surface area (Å²) in [5.74, 6) is -0.702. The van der Waals surface area contributed by atoms with E-state index in [1.54, 1.807) is 12.1 Å².